The number of azide groups is 1. The van der Waals surface area contributed by atoms with Crippen LogP contribution in [0.3, 0.4) is 0 Å². The predicted octanol–water partition coefficient (Wildman–Crippen LogP) is 4.22. The average Bonchev–Trinajstić information content (AvgIpc) is 2.21. The van der Waals surface area contributed by atoms with Gasteiger partial charge in [-0.15, -0.1) is 0 Å². The van der Waals surface area contributed by atoms with Gasteiger partial charge in [-0.05, 0) is 23.4 Å². The molecule has 0 aliphatic carbocycles. The minimum absolute atomic E-state index is 0.630. The smallest absolute Gasteiger partial charge is 0.0407 e. The molecule has 0 saturated carbocycles. The molecular weight excluding hydrogens is 174 g/mol. The highest BCUT2D eigenvalue weighted by atomic mass is 15.1. The van der Waals surface area contributed by atoms with Crippen LogP contribution >= 0.6 is 0 Å². The zero-order valence-corrected chi connectivity index (χ0v) is 8.64. The van der Waals surface area contributed by atoms with E-state index in [9.17, 15) is 0 Å². The van der Waals surface area contributed by atoms with Crippen molar-refractivity contribution in [2.75, 3.05) is 0 Å². The van der Waals surface area contributed by atoms with Gasteiger partial charge in [-0.3, -0.25) is 0 Å². The van der Waals surface area contributed by atoms with Gasteiger partial charge < -0.3 is 0 Å². The molecule has 3 nitrogen and oxygen atoms in total. The third-order valence-electron chi connectivity index (χ3n) is 2.41. The fourth-order valence-corrected chi connectivity index (χ4v) is 1.35. The molecule has 1 aromatic carbocycles. The molecule has 0 bridgehead atoms. The third-order valence-corrected chi connectivity index (χ3v) is 2.41. The average molecular weight is 189 g/mol. The van der Waals surface area contributed by atoms with Crippen molar-refractivity contribution in [3.63, 3.8) is 0 Å². The van der Waals surface area contributed by atoms with Gasteiger partial charge in [-0.1, -0.05) is 49.6 Å². The zero-order valence-electron chi connectivity index (χ0n) is 8.64. The van der Waals surface area contributed by atoms with E-state index in [2.05, 4.69) is 23.9 Å². The van der Waals surface area contributed by atoms with Gasteiger partial charge in [0.1, 0.15) is 0 Å². The van der Waals surface area contributed by atoms with Crippen LogP contribution < -0.4 is 0 Å². The van der Waals surface area contributed by atoms with Crippen molar-refractivity contribution in [1.82, 2.24) is 0 Å². The highest BCUT2D eigenvalue weighted by Crippen LogP contribution is 2.22. The van der Waals surface area contributed by atoms with Gasteiger partial charge in [0.2, 0.25) is 0 Å². The first-order chi connectivity index (χ1) is 6.77. The lowest BCUT2D eigenvalue weighted by Gasteiger charge is -2.09. The second-order valence-corrected chi connectivity index (χ2v) is 3.54. The molecule has 3 heteroatoms. The van der Waals surface area contributed by atoms with Gasteiger partial charge in [0.25, 0.3) is 0 Å². The topological polar surface area (TPSA) is 48.8 Å². The van der Waals surface area contributed by atoms with Crippen LogP contribution in [0.2, 0.25) is 0 Å². The Morgan fingerprint density at radius 3 is 2.79 bits per heavy atom. The second-order valence-electron chi connectivity index (χ2n) is 3.54. The van der Waals surface area contributed by atoms with Crippen LogP contribution in [0.5, 0.6) is 0 Å². The highest BCUT2D eigenvalue weighted by molar-refractivity contribution is 5.45. The second kappa shape index (κ2) is 5.30. The van der Waals surface area contributed by atoms with Gasteiger partial charge in [-0.25, -0.2) is 0 Å². The first-order valence-electron chi connectivity index (χ1n) is 4.91. The molecule has 0 N–H and O–H groups in total. The first kappa shape index (κ1) is 10.6. The third kappa shape index (κ3) is 2.79. The molecule has 0 unspecified atom stereocenters. The molecule has 1 rings (SSSR count). The first-order valence-corrected chi connectivity index (χ1v) is 4.91. The Kier molecular flexibility index (Phi) is 4.02. The van der Waals surface area contributed by atoms with E-state index in [1.54, 1.807) is 0 Å². The quantitative estimate of drug-likeness (QED) is 0.387. The SMILES string of the molecule is CC[C@H](C)Cc1ccccc1N=[N+]=[N-]. The van der Waals surface area contributed by atoms with E-state index in [0.29, 0.717) is 5.92 Å². The van der Waals surface area contributed by atoms with Crippen molar-refractivity contribution in [2.45, 2.75) is 26.7 Å². The van der Waals surface area contributed by atoms with Crippen LogP contribution in [0.25, 0.3) is 10.4 Å². The molecule has 1 aromatic rings. The van der Waals surface area contributed by atoms with Crippen molar-refractivity contribution < 1.29 is 0 Å². The predicted molar refractivity (Wildman–Crippen MR) is 58.4 cm³/mol. The maximum atomic E-state index is 8.39. The van der Waals surface area contributed by atoms with Gasteiger partial charge in [0.15, 0.2) is 0 Å². The van der Waals surface area contributed by atoms with Crippen molar-refractivity contribution in [2.24, 2.45) is 11.0 Å². The normalized spacial score (nSPS) is 11.9. The molecule has 0 aliphatic rings. The fraction of sp³-hybridized carbons (Fsp3) is 0.455. The van der Waals surface area contributed by atoms with E-state index in [1.165, 1.54) is 0 Å². The number of hydrogen-bond donors (Lipinski definition) is 0. The van der Waals surface area contributed by atoms with Crippen LogP contribution in [0.1, 0.15) is 25.8 Å². The highest BCUT2D eigenvalue weighted by Gasteiger charge is 2.04. The van der Waals surface area contributed by atoms with Crippen LogP contribution in [0.15, 0.2) is 29.4 Å². The summed E-state index contributed by atoms with van der Waals surface area (Å²) in [6.45, 7) is 4.37. The molecule has 0 amide bonds. The lowest BCUT2D eigenvalue weighted by Crippen LogP contribution is -1.97. The summed E-state index contributed by atoms with van der Waals surface area (Å²) >= 11 is 0. The molecule has 0 aliphatic heterocycles. The summed E-state index contributed by atoms with van der Waals surface area (Å²) in [6.07, 6.45) is 2.12. The van der Waals surface area contributed by atoms with Gasteiger partial charge >= 0.3 is 0 Å². The summed E-state index contributed by atoms with van der Waals surface area (Å²) in [7, 11) is 0. The number of benzene rings is 1. The monoisotopic (exact) mass is 189 g/mol. The number of nitrogens with zero attached hydrogens (tertiary/aromatic N) is 3. The molecule has 1 atom stereocenters. The molecular formula is C11H15N3. The van der Waals surface area contributed by atoms with Crippen LogP contribution in [-0.4, -0.2) is 0 Å². The van der Waals surface area contributed by atoms with E-state index in [0.717, 1.165) is 24.1 Å². The maximum Gasteiger partial charge on any atom is 0.0407 e. The van der Waals surface area contributed by atoms with E-state index in [4.69, 9.17) is 5.53 Å². The molecule has 0 aromatic heterocycles. The summed E-state index contributed by atoms with van der Waals surface area (Å²) in [5, 5.41) is 3.67. The minimum atomic E-state index is 0.630. The minimum Gasteiger partial charge on any atom is -0.0651 e. The van der Waals surface area contributed by atoms with Crippen LogP contribution in [-0.2, 0) is 6.42 Å². The Labute approximate surface area is 84.4 Å². The summed E-state index contributed by atoms with van der Waals surface area (Å²) < 4.78 is 0. The van der Waals surface area contributed by atoms with Gasteiger partial charge in [-0.2, -0.15) is 0 Å². The standard InChI is InChI=1S/C11H15N3/c1-3-9(2)8-10-6-4-5-7-11(10)13-14-12/h4-7,9H,3,8H2,1-2H3/t9-/m0/s1. The summed E-state index contributed by atoms with van der Waals surface area (Å²) in [6, 6.07) is 7.76. The lowest BCUT2D eigenvalue weighted by atomic mass is 9.98. The fourth-order valence-electron chi connectivity index (χ4n) is 1.35. The molecule has 0 spiro atoms. The Morgan fingerprint density at radius 2 is 2.14 bits per heavy atom. The number of rotatable bonds is 4. The van der Waals surface area contributed by atoms with E-state index in [-0.39, 0.29) is 0 Å². The largest absolute Gasteiger partial charge is 0.0651 e. The van der Waals surface area contributed by atoms with E-state index >= 15 is 0 Å². The zero-order chi connectivity index (χ0) is 10.4. The maximum absolute atomic E-state index is 8.39. The Balaban J connectivity index is 2.89. The van der Waals surface area contributed by atoms with Crippen molar-refractivity contribution in [3.05, 3.63) is 40.3 Å². The van der Waals surface area contributed by atoms with Crippen molar-refractivity contribution >= 4 is 5.69 Å². The van der Waals surface area contributed by atoms with Crippen LogP contribution in [0.4, 0.5) is 5.69 Å². The summed E-state index contributed by atoms with van der Waals surface area (Å²) in [5.74, 6) is 0.630. The molecule has 0 heterocycles. The van der Waals surface area contributed by atoms with Gasteiger partial charge in [0.05, 0.1) is 0 Å². The molecule has 14 heavy (non-hydrogen) atoms. The van der Waals surface area contributed by atoms with Crippen LogP contribution in [0, 0.1) is 5.92 Å². The van der Waals surface area contributed by atoms with E-state index < -0.39 is 0 Å². The van der Waals surface area contributed by atoms with Crippen molar-refractivity contribution in [1.29, 1.82) is 0 Å². The molecule has 0 saturated heterocycles. The number of hydrogen-bond acceptors (Lipinski definition) is 1. The Hall–Kier alpha value is -1.47. The molecule has 0 radical (unpaired) electrons. The van der Waals surface area contributed by atoms with E-state index in [1.807, 2.05) is 24.3 Å². The Morgan fingerprint density at radius 1 is 1.43 bits per heavy atom. The summed E-state index contributed by atoms with van der Waals surface area (Å²) in [5.41, 5.74) is 10.3. The molecule has 74 valence electrons. The molecule has 0 fully saturated rings. The summed E-state index contributed by atoms with van der Waals surface area (Å²) in [4.78, 5) is 2.82. The Bertz CT molecular complexity index is 340. The lowest BCUT2D eigenvalue weighted by molar-refractivity contribution is 0.560. The van der Waals surface area contributed by atoms with Crippen molar-refractivity contribution in [3.8, 4) is 0 Å². The van der Waals surface area contributed by atoms with Gasteiger partial charge in [0, 0.05) is 10.6 Å².